The fourth-order valence-electron chi connectivity index (χ4n) is 6.35. The summed E-state index contributed by atoms with van der Waals surface area (Å²) < 4.78 is 32.3. The first-order chi connectivity index (χ1) is 27.8. The van der Waals surface area contributed by atoms with Crippen molar-refractivity contribution in [1.82, 2.24) is 0 Å². The number of carbonyl (C=O) groups excluding carboxylic acids is 4. The molecule has 2 aromatic rings. The summed E-state index contributed by atoms with van der Waals surface area (Å²) in [5, 5.41) is 0. The molecule has 0 heterocycles. The standard InChI is InChI=1S/C30H38O6.C17H32O4/c1-3-29(31)35-22-8-6-5-7-21-34-27-17-13-25(14-18-27)30(32)36-28-19-11-24(12-20-28)23-9-15-26(16-10-23)33-4-2;1-3-5-7-10-14-21-17(19)13-9-8-11-15-20-16(18)12-6-4-2/h3,11-14,17-20,23,26H,1,4-10,15-16,21-22H2,2H3;3-15H2,1-2H3. The number of carbonyl (C=O) groups is 4. The van der Waals surface area contributed by atoms with E-state index in [4.69, 9.17) is 28.4 Å². The smallest absolute Gasteiger partial charge is 0.343 e. The number of hydrogen-bond donors (Lipinski definition) is 0. The Morgan fingerprint density at radius 2 is 1.12 bits per heavy atom. The molecule has 1 fully saturated rings. The third-order valence-corrected chi connectivity index (χ3v) is 9.73. The summed E-state index contributed by atoms with van der Waals surface area (Å²) in [6, 6.07) is 14.9. The molecule has 3 rings (SSSR count). The van der Waals surface area contributed by atoms with Gasteiger partial charge < -0.3 is 28.4 Å². The molecule has 10 nitrogen and oxygen atoms in total. The number of hydrogen-bond acceptors (Lipinski definition) is 10. The molecule has 1 aliphatic carbocycles. The lowest BCUT2D eigenvalue weighted by Crippen LogP contribution is -2.20. The molecule has 0 N–H and O–H groups in total. The third kappa shape index (κ3) is 23.6. The van der Waals surface area contributed by atoms with E-state index in [1.807, 2.05) is 12.1 Å². The van der Waals surface area contributed by atoms with Crippen LogP contribution in [0.4, 0.5) is 0 Å². The summed E-state index contributed by atoms with van der Waals surface area (Å²) in [6.07, 6.45) is 19.6. The molecule has 1 saturated carbocycles. The predicted molar refractivity (Wildman–Crippen MR) is 224 cm³/mol. The van der Waals surface area contributed by atoms with Crippen LogP contribution < -0.4 is 9.47 Å². The number of esters is 4. The highest BCUT2D eigenvalue weighted by Crippen LogP contribution is 2.34. The number of unbranched alkanes of at least 4 members (excludes halogenated alkanes) is 9. The van der Waals surface area contributed by atoms with Crippen LogP contribution in [0.15, 0.2) is 61.2 Å². The van der Waals surface area contributed by atoms with Crippen LogP contribution in [0.2, 0.25) is 0 Å². The topological polar surface area (TPSA) is 124 Å². The average Bonchev–Trinajstić information content (AvgIpc) is 3.23. The molecular weight excluding hydrogens is 725 g/mol. The van der Waals surface area contributed by atoms with Gasteiger partial charge in [0.25, 0.3) is 0 Å². The highest BCUT2D eigenvalue weighted by Gasteiger charge is 2.22. The van der Waals surface area contributed by atoms with Crippen molar-refractivity contribution in [2.75, 3.05) is 33.0 Å². The molecule has 0 unspecified atom stereocenters. The predicted octanol–water partition coefficient (Wildman–Crippen LogP) is 11.0. The summed E-state index contributed by atoms with van der Waals surface area (Å²) >= 11 is 0. The van der Waals surface area contributed by atoms with Gasteiger partial charge in [0.15, 0.2) is 0 Å². The van der Waals surface area contributed by atoms with Gasteiger partial charge in [-0.05, 0) is 138 Å². The molecule has 0 saturated heterocycles. The van der Waals surface area contributed by atoms with Gasteiger partial charge in [-0.2, -0.15) is 0 Å². The molecule has 0 radical (unpaired) electrons. The van der Waals surface area contributed by atoms with Crippen LogP contribution in [-0.4, -0.2) is 63.0 Å². The molecule has 1 aliphatic rings. The molecule has 0 aliphatic heterocycles. The summed E-state index contributed by atoms with van der Waals surface area (Å²) in [6.45, 7) is 12.4. The second-order valence-electron chi connectivity index (χ2n) is 14.5. The first-order valence-electron chi connectivity index (χ1n) is 21.6. The van der Waals surface area contributed by atoms with E-state index in [0.717, 1.165) is 109 Å². The van der Waals surface area contributed by atoms with Crippen molar-refractivity contribution < 1.29 is 47.6 Å². The maximum atomic E-state index is 12.5. The van der Waals surface area contributed by atoms with Gasteiger partial charge in [-0.1, -0.05) is 58.2 Å². The largest absolute Gasteiger partial charge is 0.494 e. The van der Waals surface area contributed by atoms with E-state index < -0.39 is 0 Å². The van der Waals surface area contributed by atoms with Gasteiger partial charge >= 0.3 is 23.9 Å². The third-order valence-electron chi connectivity index (χ3n) is 9.73. The lowest BCUT2D eigenvalue weighted by Gasteiger charge is -2.28. The first kappa shape index (κ1) is 49.0. The van der Waals surface area contributed by atoms with E-state index in [1.165, 1.54) is 24.5 Å². The Morgan fingerprint density at radius 1 is 0.596 bits per heavy atom. The van der Waals surface area contributed by atoms with Gasteiger partial charge in [-0.15, -0.1) is 0 Å². The number of ether oxygens (including phenoxy) is 6. The Balaban J connectivity index is 0.000000457. The van der Waals surface area contributed by atoms with Crippen molar-refractivity contribution >= 4 is 23.9 Å². The minimum absolute atomic E-state index is 0.105. The van der Waals surface area contributed by atoms with E-state index in [0.29, 0.717) is 62.6 Å². The Labute approximate surface area is 342 Å². The van der Waals surface area contributed by atoms with Crippen LogP contribution >= 0.6 is 0 Å². The van der Waals surface area contributed by atoms with Gasteiger partial charge in [-0.25, -0.2) is 9.59 Å². The Bertz CT molecular complexity index is 1380. The molecule has 10 heteroatoms. The van der Waals surface area contributed by atoms with Gasteiger partial charge in [-0.3, -0.25) is 9.59 Å². The average molecular weight is 795 g/mol. The summed E-state index contributed by atoms with van der Waals surface area (Å²) in [5.41, 5.74) is 1.78. The number of benzene rings is 2. The molecule has 57 heavy (non-hydrogen) atoms. The van der Waals surface area contributed by atoms with Crippen LogP contribution in [0, 0.1) is 0 Å². The van der Waals surface area contributed by atoms with Gasteiger partial charge in [0.05, 0.1) is 38.1 Å². The fraction of sp³-hybridized carbons (Fsp3) is 0.617. The van der Waals surface area contributed by atoms with E-state index >= 15 is 0 Å². The quantitative estimate of drug-likeness (QED) is 0.0270. The van der Waals surface area contributed by atoms with Crippen LogP contribution in [0.25, 0.3) is 0 Å². The Hall–Kier alpha value is -4.18. The van der Waals surface area contributed by atoms with Crippen molar-refractivity contribution in [2.24, 2.45) is 0 Å². The molecule has 0 amide bonds. The van der Waals surface area contributed by atoms with Crippen molar-refractivity contribution in [1.29, 1.82) is 0 Å². The highest BCUT2D eigenvalue weighted by atomic mass is 16.5. The van der Waals surface area contributed by atoms with E-state index in [-0.39, 0.29) is 23.9 Å². The molecule has 0 atom stereocenters. The zero-order chi connectivity index (χ0) is 41.4. The van der Waals surface area contributed by atoms with Crippen LogP contribution in [-0.2, 0) is 33.3 Å². The minimum atomic E-state index is -0.385. The molecular formula is C47H70O10. The highest BCUT2D eigenvalue weighted by molar-refractivity contribution is 5.91. The molecule has 0 bridgehead atoms. The monoisotopic (exact) mass is 794 g/mol. The lowest BCUT2D eigenvalue weighted by atomic mass is 9.83. The summed E-state index contributed by atoms with van der Waals surface area (Å²) in [4.78, 5) is 46.2. The van der Waals surface area contributed by atoms with Crippen molar-refractivity contribution in [3.63, 3.8) is 0 Å². The SMILES string of the molecule is C=CC(=O)OCCCCCCOc1ccc(C(=O)Oc2ccc(C3CCC(OCC)CC3)cc2)cc1.CCCCCCOC(=O)CCCCCOC(=O)CCCC. The maximum absolute atomic E-state index is 12.5. The van der Waals surface area contributed by atoms with Gasteiger partial charge in [0.1, 0.15) is 11.5 Å². The minimum Gasteiger partial charge on any atom is -0.494 e. The summed E-state index contributed by atoms with van der Waals surface area (Å²) in [7, 11) is 0. The molecule has 2 aromatic carbocycles. The van der Waals surface area contributed by atoms with E-state index in [9.17, 15) is 19.2 Å². The van der Waals surface area contributed by atoms with E-state index in [1.54, 1.807) is 24.3 Å². The zero-order valence-electron chi connectivity index (χ0n) is 35.1. The number of rotatable bonds is 28. The van der Waals surface area contributed by atoms with E-state index in [2.05, 4.69) is 39.5 Å². The van der Waals surface area contributed by atoms with Gasteiger partial charge in [0.2, 0.25) is 0 Å². The summed E-state index contributed by atoms with van der Waals surface area (Å²) in [5.74, 6) is 0.829. The second-order valence-corrected chi connectivity index (χ2v) is 14.5. The normalized spacial score (nSPS) is 14.7. The van der Waals surface area contributed by atoms with Crippen molar-refractivity contribution in [3.8, 4) is 11.5 Å². The maximum Gasteiger partial charge on any atom is 0.343 e. The molecule has 0 spiro atoms. The molecule has 318 valence electrons. The Kier molecular flexibility index (Phi) is 27.4. The van der Waals surface area contributed by atoms with Crippen molar-refractivity contribution in [2.45, 2.75) is 155 Å². The van der Waals surface area contributed by atoms with Crippen molar-refractivity contribution in [3.05, 3.63) is 72.3 Å². The van der Waals surface area contributed by atoms with Gasteiger partial charge in [0, 0.05) is 25.5 Å². The second kappa shape index (κ2) is 31.9. The van der Waals surface area contributed by atoms with Crippen LogP contribution in [0.3, 0.4) is 0 Å². The lowest BCUT2D eigenvalue weighted by molar-refractivity contribution is -0.145. The Morgan fingerprint density at radius 3 is 1.70 bits per heavy atom. The molecule has 0 aromatic heterocycles. The van der Waals surface area contributed by atoms with Crippen LogP contribution in [0.5, 0.6) is 11.5 Å². The fourth-order valence-corrected chi connectivity index (χ4v) is 6.35. The first-order valence-corrected chi connectivity index (χ1v) is 21.6. The zero-order valence-corrected chi connectivity index (χ0v) is 35.1. The van der Waals surface area contributed by atoms with Crippen LogP contribution in [0.1, 0.15) is 165 Å².